The predicted octanol–water partition coefficient (Wildman–Crippen LogP) is 2.21. The smallest absolute Gasteiger partial charge is 0.127 e. The number of hydrogen-bond donors (Lipinski definition) is 2. The maximum Gasteiger partial charge on any atom is 0.127 e. The average Bonchev–Trinajstić information content (AvgIpc) is 2.09. The fraction of sp³-hybridized carbons (Fsp3) is 0.500. The van der Waals surface area contributed by atoms with E-state index < -0.39 is 5.54 Å². The first-order valence-corrected chi connectivity index (χ1v) is 4.95. The van der Waals surface area contributed by atoms with Crippen molar-refractivity contribution in [3.63, 3.8) is 0 Å². The number of benzene rings is 1. The highest BCUT2D eigenvalue weighted by Crippen LogP contribution is 2.37. The topological polar surface area (TPSA) is 55.5 Å². The molecular weight excluding hydrogens is 190 g/mol. The zero-order valence-electron chi connectivity index (χ0n) is 10.0. The van der Waals surface area contributed by atoms with Crippen LogP contribution in [0.3, 0.4) is 0 Å². The Hall–Kier alpha value is -1.22. The molecule has 15 heavy (non-hydrogen) atoms. The van der Waals surface area contributed by atoms with Gasteiger partial charge in [-0.15, -0.1) is 0 Å². The molecule has 1 aromatic carbocycles. The van der Waals surface area contributed by atoms with E-state index in [-0.39, 0.29) is 5.75 Å². The molecule has 0 aliphatic carbocycles. The van der Waals surface area contributed by atoms with E-state index in [1.807, 2.05) is 33.8 Å². The Labute approximate surface area is 90.9 Å². The Morgan fingerprint density at radius 2 is 1.87 bits per heavy atom. The molecule has 0 atom stereocenters. The van der Waals surface area contributed by atoms with Crippen molar-refractivity contribution in [1.29, 1.82) is 0 Å². The molecule has 0 unspecified atom stereocenters. The van der Waals surface area contributed by atoms with Crippen molar-refractivity contribution < 1.29 is 9.84 Å². The average molecular weight is 209 g/mol. The molecule has 3 heteroatoms. The molecule has 84 valence electrons. The molecule has 0 saturated carbocycles. The van der Waals surface area contributed by atoms with Crippen LogP contribution < -0.4 is 10.5 Å². The Balaban J connectivity index is 3.50. The molecule has 3 N–H and O–H groups in total. The number of phenols is 1. The SMILES string of the molecule is COc1cc(C)c(C(C)(C)N)c(O)c1C. The molecular formula is C12H19NO2. The second kappa shape index (κ2) is 3.74. The molecule has 0 fully saturated rings. The first-order chi connectivity index (χ1) is 6.79. The molecule has 1 aromatic rings. The zero-order chi connectivity index (χ0) is 11.8. The molecule has 3 nitrogen and oxygen atoms in total. The lowest BCUT2D eigenvalue weighted by molar-refractivity contribution is 0.394. The van der Waals surface area contributed by atoms with Crippen LogP contribution in [0.25, 0.3) is 0 Å². The Morgan fingerprint density at radius 1 is 1.33 bits per heavy atom. The summed E-state index contributed by atoms with van der Waals surface area (Å²) in [6.45, 7) is 7.50. The number of aromatic hydroxyl groups is 1. The number of phenolic OH excluding ortho intramolecular Hbond substituents is 1. The van der Waals surface area contributed by atoms with Gasteiger partial charge in [-0.05, 0) is 39.3 Å². The molecule has 1 rings (SSSR count). The third-order valence-corrected chi connectivity index (χ3v) is 2.57. The summed E-state index contributed by atoms with van der Waals surface area (Å²) in [5, 5.41) is 10.1. The van der Waals surface area contributed by atoms with Gasteiger partial charge in [0.2, 0.25) is 0 Å². The second-order valence-electron chi connectivity index (χ2n) is 4.47. The first kappa shape index (κ1) is 11.9. The van der Waals surface area contributed by atoms with Gasteiger partial charge < -0.3 is 15.6 Å². The number of rotatable bonds is 2. The van der Waals surface area contributed by atoms with E-state index in [2.05, 4.69) is 0 Å². The highest BCUT2D eigenvalue weighted by Gasteiger charge is 2.23. The van der Waals surface area contributed by atoms with Gasteiger partial charge in [0, 0.05) is 16.7 Å². The van der Waals surface area contributed by atoms with Gasteiger partial charge in [-0.1, -0.05) is 0 Å². The van der Waals surface area contributed by atoms with Crippen LogP contribution in [0, 0.1) is 13.8 Å². The van der Waals surface area contributed by atoms with Crippen molar-refractivity contribution in [2.75, 3.05) is 7.11 Å². The van der Waals surface area contributed by atoms with E-state index in [4.69, 9.17) is 10.5 Å². The second-order valence-corrected chi connectivity index (χ2v) is 4.47. The van der Waals surface area contributed by atoms with Gasteiger partial charge in [-0.25, -0.2) is 0 Å². The highest BCUT2D eigenvalue weighted by molar-refractivity contribution is 5.54. The molecule has 0 aliphatic heterocycles. The van der Waals surface area contributed by atoms with E-state index in [1.165, 1.54) is 0 Å². The van der Waals surface area contributed by atoms with Crippen molar-refractivity contribution in [3.8, 4) is 11.5 Å². The van der Waals surface area contributed by atoms with E-state index in [0.717, 1.165) is 16.7 Å². The Morgan fingerprint density at radius 3 is 2.27 bits per heavy atom. The molecule has 0 heterocycles. The molecule has 0 amide bonds. The van der Waals surface area contributed by atoms with E-state index in [9.17, 15) is 5.11 Å². The summed E-state index contributed by atoms with van der Waals surface area (Å²) in [7, 11) is 1.59. The number of ether oxygens (including phenoxy) is 1. The van der Waals surface area contributed by atoms with Crippen LogP contribution in [0.15, 0.2) is 6.07 Å². The van der Waals surface area contributed by atoms with Gasteiger partial charge in [0.1, 0.15) is 11.5 Å². The molecule has 0 aromatic heterocycles. The van der Waals surface area contributed by atoms with Crippen molar-refractivity contribution in [2.24, 2.45) is 5.73 Å². The van der Waals surface area contributed by atoms with Crippen LogP contribution in [-0.4, -0.2) is 12.2 Å². The van der Waals surface area contributed by atoms with Gasteiger partial charge in [0.15, 0.2) is 0 Å². The highest BCUT2D eigenvalue weighted by atomic mass is 16.5. The molecule has 0 spiro atoms. The number of nitrogens with two attached hydrogens (primary N) is 1. The Kier molecular flexibility index (Phi) is 2.95. The third-order valence-electron chi connectivity index (χ3n) is 2.57. The lowest BCUT2D eigenvalue weighted by atomic mass is 9.88. The van der Waals surface area contributed by atoms with Gasteiger partial charge >= 0.3 is 0 Å². The van der Waals surface area contributed by atoms with Crippen LogP contribution in [-0.2, 0) is 5.54 Å². The number of hydrogen-bond acceptors (Lipinski definition) is 3. The molecule has 0 aliphatic rings. The fourth-order valence-electron chi connectivity index (χ4n) is 1.89. The minimum absolute atomic E-state index is 0.236. The van der Waals surface area contributed by atoms with Crippen LogP contribution in [0.1, 0.15) is 30.5 Å². The lowest BCUT2D eigenvalue weighted by Crippen LogP contribution is -2.30. The molecule has 0 saturated heterocycles. The van der Waals surface area contributed by atoms with Gasteiger partial charge in [-0.2, -0.15) is 0 Å². The Bertz CT molecular complexity index is 378. The quantitative estimate of drug-likeness (QED) is 0.785. The predicted molar refractivity (Wildman–Crippen MR) is 61.3 cm³/mol. The summed E-state index contributed by atoms with van der Waals surface area (Å²) < 4.78 is 5.17. The standard InChI is InChI=1S/C12H19NO2/c1-7-6-9(15-5)8(2)11(14)10(7)12(3,4)13/h6,14H,13H2,1-5H3. The lowest BCUT2D eigenvalue weighted by Gasteiger charge is -2.25. The van der Waals surface area contributed by atoms with Gasteiger partial charge in [0.25, 0.3) is 0 Å². The largest absolute Gasteiger partial charge is 0.507 e. The maximum atomic E-state index is 10.1. The molecule has 0 radical (unpaired) electrons. The van der Waals surface area contributed by atoms with Gasteiger partial charge in [-0.3, -0.25) is 0 Å². The number of methoxy groups -OCH3 is 1. The zero-order valence-corrected chi connectivity index (χ0v) is 10.0. The minimum Gasteiger partial charge on any atom is -0.507 e. The summed E-state index contributed by atoms with van der Waals surface area (Å²) in [5.41, 5.74) is 7.93. The first-order valence-electron chi connectivity index (χ1n) is 4.95. The van der Waals surface area contributed by atoms with Crippen LogP contribution >= 0.6 is 0 Å². The van der Waals surface area contributed by atoms with Gasteiger partial charge in [0.05, 0.1) is 7.11 Å². The van der Waals surface area contributed by atoms with E-state index >= 15 is 0 Å². The summed E-state index contributed by atoms with van der Waals surface area (Å²) in [6.07, 6.45) is 0. The molecule has 0 bridgehead atoms. The van der Waals surface area contributed by atoms with Crippen molar-refractivity contribution in [3.05, 3.63) is 22.8 Å². The maximum absolute atomic E-state index is 10.1. The van der Waals surface area contributed by atoms with Crippen molar-refractivity contribution >= 4 is 0 Å². The van der Waals surface area contributed by atoms with E-state index in [1.54, 1.807) is 7.11 Å². The minimum atomic E-state index is -0.550. The summed E-state index contributed by atoms with van der Waals surface area (Å²) in [5.74, 6) is 0.928. The summed E-state index contributed by atoms with van der Waals surface area (Å²) in [6, 6.07) is 1.90. The summed E-state index contributed by atoms with van der Waals surface area (Å²) in [4.78, 5) is 0. The third kappa shape index (κ3) is 2.07. The normalized spacial score (nSPS) is 11.6. The van der Waals surface area contributed by atoms with Crippen molar-refractivity contribution in [1.82, 2.24) is 0 Å². The monoisotopic (exact) mass is 209 g/mol. The number of aryl methyl sites for hydroxylation is 1. The van der Waals surface area contributed by atoms with E-state index in [0.29, 0.717) is 5.75 Å². The summed E-state index contributed by atoms with van der Waals surface area (Å²) >= 11 is 0. The van der Waals surface area contributed by atoms with Crippen LogP contribution in [0.5, 0.6) is 11.5 Å². The van der Waals surface area contributed by atoms with Crippen LogP contribution in [0.2, 0.25) is 0 Å². The van der Waals surface area contributed by atoms with Crippen molar-refractivity contribution in [2.45, 2.75) is 33.2 Å². The van der Waals surface area contributed by atoms with Crippen LogP contribution in [0.4, 0.5) is 0 Å². The fourth-order valence-corrected chi connectivity index (χ4v) is 1.89.